The van der Waals surface area contributed by atoms with Crippen molar-refractivity contribution in [2.24, 2.45) is 0 Å². The summed E-state index contributed by atoms with van der Waals surface area (Å²) in [6.45, 7) is 3.67. The minimum absolute atomic E-state index is 0.149. The van der Waals surface area contributed by atoms with Crippen LogP contribution in [-0.2, 0) is 14.3 Å². The van der Waals surface area contributed by atoms with Crippen molar-refractivity contribution in [2.45, 2.75) is 64.5 Å². The molecule has 1 aromatic rings. The molecular weight excluding hydrogens is 360 g/mol. The Bertz CT molecular complexity index is 651. The summed E-state index contributed by atoms with van der Waals surface area (Å²) >= 11 is 0. The zero-order valence-corrected chi connectivity index (χ0v) is 16.7. The van der Waals surface area contributed by atoms with E-state index in [0.29, 0.717) is 17.9 Å². The van der Waals surface area contributed by atoms with Crippen LogP contribution in [0, 0.1) is 0 Å². The van der Waals surface area contributed by atoms with Crippen LogP contribution in [0.1, 0.15) is 62.7 Å². The first kappa shape index (κ1) is 21.7. The number of hydrogen-bond acceptors (Lipinski definition) is 5. The van der Waals surface area contributed by atoms with Gasteiger partial charge in [0.1, 0.15) is 12.3 Å². The van der Waals surface area contributed by atoms with E-state index in [2.05, 4.69) is 10.6 Å². The first-order chi connectivity index (χ1) is 13.5. The molecule has 2 amide bonds. The average molecular weight is 390 g/mol. The lowest BCUT2D eigenvalue weighted by atomic mass is 10.1. The fourth-order valence-electron chi connectivity index (χ4n) is 3.16. The van der Waals surface area contributed by atoms with Crippen LogP contribution in [0.15, 0.2) is 24.3 Å². The molecule has 0 aromatic heterocycles. The normalized spacial score (nSPS) is 15.8. The van der Waals surface area contributed by atoms with Crippen molar-refractivity contribution in [1.29, 1.82) is 0 Å². The maximum atomic E-state index is 12.2. The van der Waals surface area contributed by atoms with Gasteiger partial charge in [-0.15, -0.1) is 0 Å². The number of hydrogen-bond donors (Lipinski definition) is 2. The Morgan fingerprint density at radius 1 is 1.07 bits per heavy atom. The number of benzene rings is 1. The second-order valence-corrected chi connectivity index (χ2v) is 6.97. The number of ether oxygens (including phenoxy) is 2. The lowest BCUT2D eigenvalue weighted by Gasteiger charge is -2.19. The van der Waals surface area contributed by atoms with Crippen LogP contribution in [0.3, 0.4) is 0 Å². The summed E-state index contributed by atoms with van der Waals surface area (Å²) in [5.74, 6) is -0.664. The molecule has 7 heteroatoms. The van der Waals surface area contributed by atoms with Crippen LogP contribution in [0.4, 0.5) is 0 Å². The van der Waals surface area contributed by atoms with E-state index in [4.69, 9.17) is 9.47 Å². The minimum atomic E-state index is -0.891. The van der Waals surface area contributed by atoms with Gasteiger partial charge in [0.25, 0.3) is 11.8 Å². The van der Waals surface area contributed by atoms with Crippen LogP contribution in [0.5, 0.6) is 5.75 Å². The summed E-state index contributed by atoms with van der Waals surface area (Å²) in [5, 5.41) is 5.45. The van der Waals surface area contributed by atoms with Gasteiger partial charge in [-0.3, -0.25) is 14.4 Å². The van der Waals surface area contributed by atoms with E-state index in [1.165, 1.54) is 19.8 Å². The molecule has 1 saturated carbocycles. The Hall–Kier alpha value is -2.57. The topological polar surface area (TPSA) is 93.7 Å². The van der Waals surface area contributed by atoms with E-state index in [1.807, 2.05) is 6.92 Å². The largest absolute Gasteiger partial charge is 0.494 e. The maximum Gasteiger partial charge on any atom is 0.326 e. The van der Waals surface area contributed by atoms with Gasteiger partial charge in [-0.25, -0.2) is 0 Å². The Balaban J connectivity index is 1.72. The highest BCUT2D eigenvalue weighted by molar-refractivity contribution is 5.96. The Labute approximate surface area is 166 Å². The fraction of sp³-hybridized carbons (Fsp3) is 0.571. The third kappa shape index (κ3) is 7.21. The van der Waals surface area contributed by atoms with Crippen LogP contribution in [-0.4, -0.2) is 43.1 Å². The number of carbonyl (C=O) groups is 3. The van der Waals surface area contributed by atoms with Gasteiger partial charge in [-0.1, -0.05) is 25.7 Å². The molecule has 0 radical (unpaired) electrons. The Morgan fingerprint density at radius 2 is 1.71 bits per heavy atom. The van der Waals surface area contributed by atoms with Crippen LogP contribution in [0.25, 0.3) is 0 Å². The average Bonchev–Trinajstić information content (AvgIpc) is 2.95. The summed E-state index contributed by atoms with van der Waals surface area (Å²) in [7, 11) is 0. The van der Waals surface area contributed by atoms with Gasteiger partial charge in [0.2, 0.25) is 0 Å². The van der Waals surface area contributed by atoms with E-state index in [9.17, 15) is 14.4 Å². The van der Waals surface area contributed by atoms with Gasteiger partial charge in [0.15, 0.2) is 6.10 Å². The predicted molar refractivity (Wildman–Crippen MR) is 105 cm³/mol. The summed E-state index contributed by atoms with van der Waals surface area (Å²) in [6, 6.07) is 6.77. The molecule has 28 heavy (non-hydrogen) atoms. The SMILES string of the molecule is CCOc1ccc(C(=O)NCC(=O)O[C@@H](C)C(=O)NC2CCCCCC2)cc1. The van der Waals surface area contributed by atoms with Crippen LogP contribution < -0.4 is 15.4 Å². The Kier molecular flexibility index (Phi) is 8.78. The molecule has 0 unspecified atom stereocenters. The summed E-state index contributed by atoms with van der Waals surface area (Å²) in [6.07, 6.45) is 5.65. The van der Waals surface area contributed by atoms with Crippen LogP contribution in [0.2, 0.25) is 0 Å². The number of nitrogens with one attached hydrogen (secondary N) is 2. The van der Waals surface area contributed by atoms with Gasteiger partial charge in [-0.2, -0.15) is 0 Å². The lowest BCUT2D eigenvalue weighted by molar-refractivity contribution is -0.154. The quantitative estimate of drug-likeness (QED) is 0.526. The first-order valence-corrected chi connectivity index (χ1v) is 10.0. The van der Waals surface area contributed by atoms with Gasteiger partial charge in [0, 0.05) is 11.6 Å². The molecule has 7 nitrogen and oxygen atoms in total. The lowest BCUT2D eigenvalue weighted by Crippen LogP contribution is -2.43. The fourth-order valence-corrected chi connectivity index (χ4v) is 3.16. The van der Waals surface area contributed by atoms with E-state index >= 15 is 0 Å². The van der Waals surface area contributed by atoms with Gasteiger partial charge in [-0.05, 0) is 51.0 Å². The third-order valence-electron chi connectivity index (χ3n) is 4.70. The molecule has 0 heterocycles. The number of rotatable bonds is 8. The summed E-state index contributed by atoms with van der Waals surface area (Å²) in [5.41, 5.74) is 0.412. The highest BCUT2D eigenvalue weighted by Gasteiger charge is 2.22. The molecule has 1 atom stereocenters. The second-order valence-electron chi connectivity index (χ2n) is 6.97. The number of carbonyl (C=O) groups excluding carboxylic acids is 3. The predicted octanol–water partition coefficient (Wildman–Crippen LogP) is 2.59. The zero-order chi connectivity index (χ0) is 20.4. The second kappa shape index (κ2) is 11.3. The van der Waals surface area contributed by atoms with Gasteiger partial charge >= 0.3 is 5.97 Å². The number of esters is 1. The smallest absolute Gasteiger partial charge is 0.326 e. The van der Waals surface area contributed by atoms with Crippen molar-refractivity contribution in [1.82, 2.24) is 10.6 Å². The Morgan fingerprint density at radius 3 is 2.32 bits per heavy atom. The molecule has 0 saturated heterocycles. The third-order valence-corrected chi connectivity index (χ3v) is 4.70. The van der Waals surface area contributed by atoms with Crippen molar-refractivity contribution in [3.8, 4) is 5.75 Å². The van der Waals surface area contributed by atoms with E-state index in [-0.39, 0.29) is 18.5 Å². The van der Waals surface area contributed by atoms with Crippen molar-refractivity contribution in [3.63, 3.8) is 0 Å². The monoisotopic (exact) mass is 390 g/mol. The zero-order valence-electron chi connectivity index (χ0n) is 16.7. The first-order valence-electron chi connectivity index (χ1n) is 10.0. The molecule has 1 aliphatic carbocycles. The van der Waals surface area contributed by atoms with Crippen molar-refractivity contribution >= 4 is 17.8 Å². The molecule has 1 fully saturated rings. The molecule has 2 N–H and O–H groups in total. The molecule has 0 bridgehead atoms. The van der Waals surface area contributed by atoms with Crippen molar-refractivity contribution in [2.75, 3.05) is 13.2 Å². The van der Waals surface area contributed by atoms with Crippen molar-refractivity contribution < 1.29 is 23.9 Å². The van der Waals surface area contributed by atoms with E-state index in [0.717, 1.165) is 25.7 Å². The molecule has 1 aromatic carbocycles. The molecular formula is C21H30N2O5. The van der Waals surface area contributed by atoms with Crippen molar-refractivity contribution in [3.05, 3.63) is 29.8 Å². The van der Waals surface area contributed by atoms with E-state index < -0.39 is 18.0 Å². The molecule has 2 rings (SSSR count). The highest BCUT2D eigenvalue weighted by Crippen LogP contribution is 2.17. The van der Waals surface area contributed by atoms with Crippen LogP contribution >= 0.6 is 0 Å². The molecule has 0 spiro atoms. The maximum absolute atomic E-state index is 12.2. The van der Waals surface area contributed by atoms with Gasteiger partial charge < -0.3 is 20.1 Å². The standard InChI is InChI=1S/C21H30N2O5/c1-3-27-18-12-10-16(11-13-18)21(26)22-14-19(24)28-15(2)20(25)23-17-8-6-4-5-7-9-17/h10-13,15,17H,3-9,14H2,1-2H3,(H,22,26)(H,23,25)/t15-/m0/s1. The summed E-state index contributed by atoms with van der Waals surface area (Å²) < 4.78 is 10.5. The minimum Gasteiger partial charge on any atom is -0.494 e. The van der Waals surface area contributed by atoms with E-state index in [1.54, 1.807) is 24.3 Å². The molecule has 0 aliphatic heterocycles. The highest BCUT2D eigenvalue weighted by atomic mass is 16.5. The summed E-state index contributed by atoms with van der Waals surface area (Å²) in [4.78, 5) is 36.3. The number of amides is 2. The van der Waals surface area contributed by atoms with Gasteiger partial charge in [0.05, 0.1) is 6.61 Å². The molecule has 154 valence electrons. The molecule has 1 aliphatic rings.